The van der Waals surface area contributed by atoms with E-state index in [1.165, 1.54) is 0 Å². The minimum Gasteiger partial charge on any atom is -0.351 e. The number of aryl methyl sites for hydroxylation is 1. The van der Waals surface area contributed by atoms with E-state index in [-0.39, 0.29) is 11.8 Å². The maximum absolute atomic E-state index is 13.7. The molecule has 0 atom stereocenters. The van der Waals surface area contributed by atoms with Crippen molar-refractivity contribution >= 4 is 17.5 Å². The second-order valence-electron chi connectivity index (χ2n) is 11.6. The molecule has 40 heavy (non-hydrogen) atoms. The van der Waals surface area contributed by atoms with Gasteiger partial charge in [0.1, 0.15) is 0 Å². The summed E-state index contributed by atoms with van der Waals surface area (Å²) in [5.74, 6) is -0.312. The molecule has 0 radical (unpaired) electrons. The summed E-state index contributed by atoms with van der Waals surface area (Å²) in [5.41, 5.74) is 4.17. The maximum atomic E-state index is 13.7. The average Bonchev–Trinajstić information content (AvgIpc) is 2.90. The van der Waals surface area contributed by atoms with Gasteiger partial charge in [-0.15, -0.1) is 0 Å². The number of nitriles is 1. The van der Waals surface area contributed by atoms with Crippen molar-refractivity contribution in [2.24, 2.45) is 0 Å². The van der Waals surface area contributed by atoms with Crippen molar-refractivity contribution in [2.45, 2.75) is 73.0 Å². The van der Waals surface area contributed by atoms with Gasteiger partial charge in [-0.05, 0) is 97.4 Å². The van der Waals surface area contributed by atoms with Gasteiger partial charge in [0.2, 0.25) is 0 Å². The normalized spacial score (nSPS) is 11.6. The Bertz CT molecular complexity index is 1370. The number of anilines is 1. The van der Waals surface area contributed by atoms with Gasteiger partial charge < -0.3 is 10.2 Å². The largest absolute Gasteiger partial charge is 0.351 e. The molecule has 210 valence electrons. The van der Waals surface area contributed by atoms with E-state index in [1.807, 2.05) is 58.0 Å². The molecule has 0 aliphatic heterocycles. The quantitative estimate of drug-likeness (QED) is 0.349. The molecule has 0 bridgehead atoms. The van der Waals surface area contributed by atoms with Crippen LogP contribution in [-0.2, 0) is 0 Å². The molecule has 1 N–H and O–H groups in total. The van der Waals surface area contributed by atoms with Crippen molar-refractivity contribution in [3.8, 4) is 17.2 Å². The van der Waals surface area contributed by atoms with Gasteiger partial charge in [0.05, 0.1) is 23.5 Å². The number of carbonyl (C=O) groups is 2. The number of pyridine rings is 1. The molecule has 0 saturated heterocycles. The molecule has 0 aliphatic rings. The molecule has 1 aromatic heterocycles. The second kappa shape index (κ2) is 12.9. The Morgan fingerprint density at radius 3 is 2.20 bits per heavy atom. The number of rotatable bonds is 9. The molecule has 0 saturated carbocycles. The van der Waals surface area contributed by atoms with Crippen molar-refractivity contribution in [1.29, 1.82) is 5.26 Å². The van der Waals surface area contributed by atoms with Gasteiger partial charge in [-0.2, -0.15) is 5.26 Å². The maximum Gasteiger partial charge on any atom is 0.258 e. The van der Waals surface area contributed by atoms with E-state index < -0.39 is 5.54 Å². The number of nitrogens with one attached hydrogen (secondary N) is 1. The fourth-order valence-corrected chi connectivity index (χ4v) is 4.91. The smallest absolute Gasteiger partial charge is 0.258 e. The van der Waals surface area contributed by atoms with Crippen LogP contribution >= 0.6 is 0 Å². The van der Waals surface area contributed by atoms with E-state index in [4.69, 9.17) is 0 Å². The van der Waals surface area contributed by atoms with Crippen LogP contribution in [0.1, 0.15) is 80.4 Å². The van der Waals surface area contributed by atoms with Crippen LogP contribution in [0.2, 0.25) is 0 Å². The van der Waals surface area contributed by atoms with Gasteiger partial charge in [-0.3, -0.25) is 19.5 Å². The van der Waals surface area contributed by atoms with Crippen LogP contribution in [0.25, 0.3) is 11.1 Å². The van der Waals surface area contributed by atoms with Gasteiger partial charge in [-0.1, -0.05) is 18.2 Å². The highest BCUT2D eigenvalue weighted by Crippen LogP contribution is 2.31. The van der Waals surface area contributed by atoms with Crippen LogP contribution in [0.5, 0.6) is 0 Å². The molecule has 7 heteroatoms. The zero-order valence-electron chi connectivity index (χ0n) is 24.9. The van der Waals surface area contributed by atoms with Crippen LogP contribution in [0.3, 0.4) is 0 Å². The Morgan fingerprint density at radius 1 is 0.975 bits per heavy atom. The fourth-order valence-electron chi connectivity index (χ4n) is 4.91. The van der Waals surface area contributed by atoms with Gasteiger partial charge in [0.25, 0.3) is 11.8 Å². The first-order valence-corrected chi connectivity index (χ1v) is 13.8. The molecule has 0 unspecified atom stereocenters. The third kappa shape index (κ3) is 7.34. The van der Waals surface area contributed by atoms with Gasteiger partial charge in [0, 0.05) is 53.1 Å². The van der Waals surface area contributed by atoms with Crippen LogP contribution in [0, 0.1) is 18.3 Å². The van der Waals surface area contributed by atoms with Crippen LogP contribution in [0.4, 0.5) is 5.69 Å². The third-order valence-electron chi connectivity index (χ3n) is 6.88. The van der Waals surface area contributed by atoms with Gasteiger partial charge in [-0.25, -0.2) is 0 Å². The molecule has 2 amide bonds. The summed E-state index contributed by atoms with van der Waals surface area (Å²) in [7, 11) is 0. The Kier molecular flexibility index (Phi) is 9.83. The Morgan fingerprint density at radius 2 is 1.62 bits per heavy atom. The molecule has 2 aromatic carbocycles. The summed E-state index contributed by atoms with van der Waals surface area (Å²) in [4.78, 5) is 35.1. The van der Waals surface area contributed by atoms with Crippen molar-refractivity contribution < 1.29 is 9.59 Å². The Labute approximate surface area is 238 Å². The highest BCUT2D eigenvalue weighted by molar-refractivity contribution is 6.07. The SMILES string of the molecule is Cc1ncc(N(C(=O)c2cccc(C#N)c2)C(C)(C)C)cc1-c1ccc(C(=O)NCCN(C(C)C)C(C)C)cc1. The molecule has 3 aromatic rings. The molecule has 0 spiro atoms. The standard InChI is InChI=1S/C33H41N5O2/c1-22(2)37(23(3)4)17-16-35-31(39)27-14-12-26(13-15-27)30-19-29(21-36-24(30)5)38(33(6,7)8)32(40)28-11-9-10-25(18-28)20-34/h9-15,18-19,21-23H,16-17H2,1-8H3,(H,35,39). The summed E-state index contributed by atoms with van der Waals surface area (Å²) in [6.07, 6.45) is 1.70. The molecule has 7 nitrogen and oxygen atoms in total. The summed E-state index contributed by atoms with van der Waals surface area (Å²) < 4.78 is 0. The van der Waals surface area contributed by atoms with Crippen molar-refractivity contribution in [2.75, 3.05) is 18.0 Å². The predicted molar refractivity (Wildman–Crippen MR) is 161 cm³/mol. The van der Waals surface area contributed by atoms with Crippen LogP contribution in [0.15, 0.2) is 60.8 Å². The number of aromatic nitrogens is 1. The summed E-state index contributed by atoms with van der Waals surface area (Å²) >= 11 is 0. The third-order valence-corrected chi connectivity index (χ3v) is 6.88. The first kappa shape index (κ1) is 30.5. The molecular weight excluding hydrogens is 498 g/mol. The van der Waals surface area contributed by atoms with E-state index in [2.05, 4.69) is 49.0 Å². The number of hydrogen-bond acceptors (Lipinski definition) is 5. The lowest BCUT2D eigenvalue weighted by Crippen LogP contribution is -2.46. The van der Waals surface area contributed by atoms with Crippen LogP contribution in [-0.4, -0.2) is 52.4 Å². The topological polar surface area (TPSA) is 89.3 Å². The average molecular weight is 540 g/mol. The fraction of sp³-hybridized carbons (Fsp3) is 0.394. The minimum atomic E-state index is -0.545. The van der Waals surface area contributed by atoms with E-state index in [1.54, 1.807) is 35.4 Å². The number of benzene rings is 2. The minimum absolute atomic E-state index is 0.105. The second-order valence-corrected chi connectivity index (χ2v) is 11.6. The van der Waals surface area contributed by atoms with Crippen molar-refractivity contribution in [3.05, 3.63) is 83.2 Å². The number of amides is 2. The Hall–Kier alpha value is -4.02. The summed E-state index contributed by atoms with van der Waals surface area (Å²) in [6, 6.07) is 19.1. The lowest BCUT2D eigenvalue weighted by molar-refractivity contribution is 0.0937. The highest BCUT2D eigenvalue weighted by Gasteiger charge is 2.30. The Balaban J connectivity index is 1.84. The van der Waals surface area contributed by atoms with E-state index in [9.17, 15) is 14.9 Å². The summed E-state index contributed by atoms with van der Waals surface area (Å²) in [5, 5.41) is 12.3. The molecule has 0 aliphatic carbocycles. The first-order valence-electron chi connectivity index (χ1n) is 13.8. The molecule has 0 fully saturated rings. The molecule has 3 rings (SSSR count). The number of nitrogens with zero attached hydrogens (tertiary/aromatic N) is 4. The monoisotopic (exact) mass is 539 g/mol. The lowest BCUT2D eigenvalue weighted by atomic mass is 9.99. The lowest BCUT2D eigenvalue weighted by Gasteiger charge is -2.36. The summed E-state index contributed by atoms with van der Waals surface area (Å²) in [6.45, 7) is 17.8. The predicted octanol–water partition coefficient (Wildman–Crippen LogP) is 6.22. The first-order chi connectivity index (χ1) is 18.8. The van der Waals surface area contributed by atoms with Gasteiger partial charge in [0.15, 0.2) is 0 Å². The zero-order chi connectivity index (χ0) is 29.6. The number of hydrogen-bond donors (Lipinski definition) is 1. The van der Waals surface area contributed by atoms with Crippen molar-refractivity contribution in [1.82, 2.24) is 15.2 Å². The van der Waals surface area contributed by atoms with Gasteiger partial charge >= 0.3 is 0 Å². The van der Waals surface area contributed by atoms with E-state index in [0.29, 0.717) is 41.0 Å². The van der Waals surface area contributed by atoms with E-state index >= 15 is 0 Å². The molecule has 1 heterocycles. The highest BCUT2D eigenvalue weighted by atomic mass is 16.2. The number of carbonyl (C=O) groups excluding carboxylic acids is 2. The van der Waals surface area contributed by atoms with Crippen LogP contribution < -0.4 is 10.2 Å². The molecular formula is C33H41N5O2. The zero-order valence-corrected chi connectivity index (χ0v) is 24.9. The van der Waals surface area contributed by atoms with E-state index in [0.717, 1.165) is 23.4 Å². The van der Waals surface area contributed by atoms with Crippen molar-refractivity contribution in [3.63, 3.8) is 0 Å².